The molecule has 8 nitrogen and oxygen atoms in total. The third-order valence-electron chi connectivity index (χ3n) is 4.75. The number of thioether (sulfide) groups is 1. The molecule has 0 aliphatic rings. The number of esters is 1. The molecule has 1 amide bonds. The first-order chi connectivity index (χ1) is 16.4. The van der Waals surface area contributed by atoms with E-state index in [1.165, 1.54) is 11.8 Å². The summed E-state index contributed by atoms with van der Waals surface area (Å²) in [5, 5.41) is 12.5. The number of nitrogens with one attached hydrogen (secondary N) is 1. The molecule has 1 heterocycles. The molecule has 0 bridgehead atoms. The molecule has 1 atom stereocenters. The van der Waals surface area contributed by atoms with Gasteiger partial charge in [-0.1, -0.05) is 55.4 Å². The van der Waals surface area contributed by atoms with Crippen LogP contribution in [0.4, 0.5) is 0 Å². The number of benzene rings is 2. The lowest BCUT2D eigenvalue weighted by molar-refractivity contribution is -0.148. The summed E-state index contributed by atoms with van der Waals surface area (Å²) >= 11 is 7.16. The fourth-order valence-corrected chi connectivity index (χ4v) is 3.99. The van der Waals surface area contributed by atoms with E-state index in [9.17, 15) is 9.59 Å². The Kier molecular flexibility index (Phi) is 9.35. The van der Waals surface area contributed by atoms with Gasteiger partial charge in [-0.05, 0) is 49.2 Å². The molecular formula is C24H27ClN4O4S. The Bertz CT molecular complexity index is 1090. The van der Waals surface area contributed by atoms with Crippen LogP contribution in [0.3, 0.4) is 0 Å². The van der Waals surface area contributed by atoms with Crippen LogP contribution in [0.15, 0.2) is 59.8 Å². The number of carbonyl (C=O) groups is 2. The second-order valence-electron chi connectivity index (χ2n) is 7.64. The minimum atomic E-state index is -0.705. The highest BCUT2D eigenvalue weighted by Gasteiger charge is 2.26. The van der Waals surface area contributed by atoms with E-state index in [2.05, 4.69) is 15.5 Å². The van der Waals surface area contributed by atoms with Gasteiger partial charge in [-0.15, -0.1) is 10.2 Å². The van der Waals surface area contributed by atoms with Crippen LogP contribution >= 0.6 is 23.4 Å². The summed E-state index contributed by atoms with van der Waals surface area (Å²) in [5.41, 5.74) is 0.844. The van der Waals surface area contributed by atoms with Crippen molar-refractivity contribution in [3.05, 3.63) is 65.4 Å². The van der Waals surface area contributed by atoms with Gasteiger partial charge in [0.15, 0.2) is 11.0 Å². The summed E-state index contributed by atoms with van der Waals surface area (Å²) in [4.78, 5) is 24.8. The number of carbonyl (C=O) groups excluding carboxylic acids is 2. The smallest absolute Gasteiger partial charge is 0.328 e. The molecule has 34 heavy (non-hydrogen) atoms. The van der Waals surface area contributed by atoms with Crippen molar-refractivity contribution < 1.29 is 19.1 Å². The number of amides is 1. The maximum Gasteiger partial charge on any atom is 0.328 e. The average Bonchev–Trinajstić information content (AvgIpc) is 3.24. The minimum Gasteiger partial charge on any atom is -0.486 e. The first kappa shape index (κ1) is 25.6. The predicted molar refractivity (Wildman–Crippen MR) is 131 cm³/mol. The van der Waals surface area contributed by atoms with Crippen LogP contribution in [0.5, 0.6) is 5.75 Å². The third kappa shape index (κ3) is 6.98. The van der Waals surface area contributed by atoms with Gasteiger partial charge in [0, 0.05) is 10.7 Å². The van der Waals surface area contributed by atoms with Gasteiger partial charge in [0.25, 0.3) is 0 Å². The Hall–Kier alpha value is -3.04. The van der Waals surface area contributed by atoms with Crippen molar-refractivity contribution in [3.8, 4) is 11.4 Å². The lowest BCUT2D eigenvalue weighted by Crippen LogP contribution is -2.46. The summed E-state index contributed by atoms with van der Waals surface area (Å²) in [7, 11) is 0. The van der Waals surface area contributed by atoms with Crippen LogP contribution in [0.2, 0.25) is 5.02 Å². The van der Waals surface area contributed by atoms with Crippen LogP contribution in [0.1, 0.15) is 26.6 Å². The van der Waals surface area contributed by atoms with Crippen LogP contribution < -0.4 is 10.1 Å². The summed E-state index contributed by atoms with van der Waals surface area (Å²) in [6, 6.07) is 15.9. The van der Waals surface area contributed by atoms with Crippen LogP contribution in [0, 0.1) is 5.92 Å². The van der Waals surface area contributed by atoms with Crippen molar-refractivity contribution in [2.24, 2.45) is 5.92 Å². The summed E-state index contributed by atoms with van der Waals surface area (Å²) in [5.74, 6) is 0.460. The molecule has 0 spiro atoms. The third-order valence-corrected chi connectivity index (χ3v) is 5.93. The highest BCUT2D eigenvalue weighted by Crippen LogP contribution is 2.23. The molecule has 0 radical (unpaired) electrons. The Balaban J connectivity index is 1.72. The summed E-state index contributed by atoms with van der Waals surface area (Å²) < 4.78 is 12.8. The first-order valence-electron chi connectivity index (χ1n) is 10.9. The number of aromatic nitrogens is 3. The fourth-order valence-electron chi connectivity index (χ4n) is 3.08. The monoisotopic (exact) mass is 502 g/mol. The fraction of sp³-hybridized carbons (Fsp3) is 0.333. The van der Waals surface area contributed by atoms with Gasteiger partial charge in [0.2, 0.25) is 5.91 Å². The highest BCUT2D eigenvalue weighted by atomic mass is 35.5. The van der Waals surface area contributed by atoms with Crippen LogP contribution in [0.25, 0.3) is 5.69 Å². The number of hydrogen-bond acceptors (Lipinski definition) is 7. The zero-order valence-corrected chi connectivity index (χ0v) is 20.8. The molecule has 0 saturated carbocycles. The van der Waals surface area contributed by atoms with Gasteiger partial charge < -0.3 is 14.8 Å². The Morgan fingerprint density at radius 3 is 2.44 bits per heavy atom. The molecule has 1 aromatic heterocycles. The van der Waals surface area contributed by atoms with Gasteiger partial charge in [-0.3, -0.25) is 9.36 Å². The summed E-state index contributed by atoms with van der Waals surface area (Å²) in [6.45, 7) is 5.88. The van der Waals surface area contributed by atoms with Crippen molar-refractivity contribution in [1.82, 2.24) is 20.1 Å². The Morgan fingerprint density at radius 1 is 1.09 bits per heavy atom. The number of rotatable bonds is 11. The molecule has 3 aromatic rings. The molecule has 0 aliphatic carbocycles. The van der Waals surface area contributed by atoms with Crippen molar-refractivity contribution >= 4 is 35.2 Å². The minimum absolute atomic E-state index is 0.0611. The van der Waals surface area contributed by atoms with Gasteiger partial charge in [0.1, 0.15) is 18.4 Å². The van der Waals surface area contributed by atoms with Crippen LogP contribution in [-0.2, 0) is 20.9 Å². The van der Waals surface area contributed by atoms with E-state index in [4.69, 9.17) is 21.1 Å². The molecule has 1 N–H and O–H groups in total. The zero-order valence-electron chi connectivity index (χ0n) is 19.2. The molecule has 180 valence electrons. The molecule has 0 fully saturated rings. The largest absolute Gasteiger partial charge is 0.486 e. The maximum atomic E-state index is 12.6. The normalized spacial score (nSPS) is 11.8. The van der Waals surface area contributed by atoms with Crippen LogP contribution in [-0.4, -0.2) is 45.0 Å². The second kappa shape index (κ2) is 12.4. The van der Waals surface area contributed by atoms with Gasteiger partial charge in [-0.2, -0.15) is 0 Å². The molecule has 2 aromatic carbocycles. The van der Waals surface area contributed by atoms with Crippen molar-refractivity contribution in [1.29, 1.82) is 0 Å². The number of para-hydroxylation sites is 1. The van der Waals surface area contributed by atoms with Gasteiger partial charge in [0.05, 0.1) is 12.4 Å². The molecule has 0 saturated heterocycles. The van der Waals surface area contributed by atoms with E-state index in [0.29, 0.717) is 21.8 Å². The maximum absolute atomic E-state index is 12.6. The Labute approximate surface area is 208 Å². The second-order valence-corrected chi connectivity index (χ2v) is 9.02. The number of hydrogen-bond donors (Lipinski definition) is 1. The van der Waals surface area contributed by atoms with E-state index < -0.39 is 12.0 Å². The van der Waals surface area contributed by atoms with Crippen molar-refractivity contribution in [3.63, 3.8) is 0 Å². The molecular weight excluding hydrogens is 476 g/mol. The molecule has 1 unspecified atom stereocenters. The lowest BCUT2D eigenvalue weighted by atomic mass is 10.0. The van der Waals surface area contributed by atoms with E-state index >= 15 is 0 Å². The van der Waals surface area contributed by atoms with E-state index in [1.807, 2.05) is 48.7 Å². The highest BCUT2D eigenvalue weighted by molar-refractivity contribution is 7.99. The van der Waals surface area contributed by atoms with E-state index in [0.717, 1.165) is 5.69 Å². The Morgan fingerprint density at radius 2 is 1.79 bits per heavy atom. The van der Waals surface area contributed by atoms with Crippen molar-refractivity contribution in [2.45, 2.75) is 38.6 Å². The zero-order chi connectivity index (χ0) is 24.5. The first-order valence-corrected chi connectivity index (χ1v) is 12.2. The molecule has 10 heteroatoms. The lowest BCUT2D eigenvalue weighted by Gasteiger charge is -2.20. The molecule has 0 aliphatic heterocycles. The van der Waals surface area contributed by atoms with E-state index in [1.54, 1.807) is 31.2 Å². The SMILES string of the molecule is CCOC(=O)C(NC(=O)CSc1nnc(COc2ccc(Cl)cc2)n1-c1ccccc1)C(C)C. The number of ether oxygens (including phenoxy) is 2. The standard InChI is InChI=1S/C24H27ClN4O4S/c1-4-32-23(31)22(16(2)3)26-21(30)15-34-24-28-27-20(29(24)18-8-6-5-7-9-18)14-33-19-12-10-17(25)11-13-19/h5-13,16,22H,4,14-15H2,1-3H3,(H,26,30). The molecule has 3 rings (SSSR count). The topological polar surface area (TPSA) is 95.3 Å². The van der Waals surface area contributed by atoms with Gasteiger partial charge >= 0.3 is 5.97 Å². The van der Waals surface area contributed by atoms with E-state index in [-0.39, 0.29) is 30.8 Å². The number of halogens is 1. The predicted octanol–water partition coefficient (Wildman–Crippen LogP) is 4.30. The van der Waals surface area contributed by atoms with Gasteiger partial charge in [-0.25, -0.2) is 4.79 Å². The van der Waals surface area contributed by atoms with Crippen molar-refractivity contribution in [2.75, 3.05) is 12.4 Å². The summed E-state index contributed by atoms with van der Waals surface area (Å²) in [6.07, 6.45) is 0. The quantitative estimate of drug-likeness (QED) is 0.308. The number of nitrogens with zero attached hydrogens (tertiary/aromatic N) is 3. The average molecular weight is 503 g/mol.